The molecule has 17 nitrogen and oxygen atoms in total. The summed E-state index contributed by atoms with van der Waals surface area (Å²) in [4.78, 5) is 73.3. The van der Waals surface area contributed by atoms with Gasteiger partial charge < -0.3 is 33.8 Å². The second kappa shape index (κ2) is 80.1. The lowest BCUT2D eigenvalue weighted by molar-refractivity contribution is -0.161. The molecule has 0 amide bonds. The van der Waals surface area contributed by atoms with Gasteiger partial charge in [-0.2, -0.15) is 0 Å². The van der Waals surface area contributed by atoms with Crippen molar-refractivity contribution in [2.45, 2.75) is 489 Å². The average Bonchev–Trinajstić information content (AvgIpc) is 0.927. The summed E-state index contributed by atoms with van der Waals surface area (Å²) in [5.74, 6) is -2.10. The molecular formula is C86H168O17P2. The first kappa shape index (κ1) is 103. The van der Waals surface area contributed by atoms with Crippen molar-refractivity contribution in [3.63, 3.8) is 0 Å². The molecule has 624 valence electrons. The largest absolute Gasteiger partial charge is 0.472 e. The highest BCUT2D eigenvalue weighted by Gasteiger charge is 2.30. The molecule has 3 N–H and O–H groups in total. The molecule has 0 saturated carbocycles. The number of hydrogen-bond donors (Lipinski definition) is 3. The third-order valence-corrected chi connectivity index (χ3v) is 22.3. The second-order valence-corrected chi connectivity index (χ2v) is 33.8. The fraction of sp³-hybridized carbons (Fsp3) is 0.953. The average molecular weight is 1540 g/mol. The van der Waals surface area contributed by atoms with E-state index < -0.39 is 97.5 Å². The van der Waals surface area contributed by atoms with Gasteiger partial charge in [0.05, 0.1) is 26.4 Å². The van der Waals surface area contributed by atoms with Gasteiger partial charge in [-0.15, -0.1) is 0 Å². The van der Waals surface area contributed by atoms with Gasteiger partial charge in [0.25, 0.3) is 0 Å². The van der Waals surface area contributed by atoms with Crippen LogP contribution >= 0.6 is 15.6 Å². The number of phosphoric ester groups is 2. The maximum absolute atomic E-state index is 13.1. The van der Waals surface area contributed by atoms with Crippen LogP contribution in [-0.2, 0) is 65.4 Å². The topological polar surface area (TPSA) is 237 Å². The highest BCUT2D eigenvalue weighted by atomic mass is 31.2. The molecule has 0 fully saturated rings. The van der Waals surface area contributed by atoms with Gasteiger partial charge in [0.2, 0.25) is 0 Å². The van der Waals surface area contributed by atoms with Gasteiger partial charge in [0.15, 0.2) is 12.2 Å². The van der Waals surface area contributed by atoms with Crippen LogP contribution in [0.1, 0.15) is 471 Å². The van der Waals surface area contributed by atoms with Crippen molar-refractivity contribution in [2.24, 2.45) is 0 Å². The van der Waals surface area contributed by atoms with E-state index in [1.54, 1.807) is 0 Å². The Bertz CT molecular complexity index is 1980. The molecule has 0 saturated heterocycles. The van der Waals surface area contributed by atoms with E-state index in [-0.39, 0.29) is 25.7 Å². The Hall–Kier alpha value is -1.94. The molecule has 0 spiro atoms. The first-order valence-electron chi connectivity index (χ1n) is 44.8. The standard InChI is InChI=1S/C86H168O17P2/c1-5-9-13-17-21-25-29-33-36-39-40-41-43-46-49-53-57-61-65-69-73-86(91)103-82(77-97-84(89)71-67-63-59-55-51-47-45-42-37-34-30-26-22-18-14-10-6-2)79-101-105(94,95)99-75-80(87)74-98-104(92,93)100-78-81(76-96-83(88)70-66-62-58-54-50-32-28-24-20-16-12-8-4)102-85(90)72-68-64-60-56-52-48-44-38-35-31-27-23-19-15-11-7-3/h80-82,87H,5-79H2,1-4H3,(H,92,93)(H,94,95)/t80-,81+,82+/m0/s1. The first-order valence-corrected chi connectivity index (χ1v) is 47.8. The summed E-state index contributed by atoms with van der Waals surface area (Å²) in [6, 6.07) is 0. The highest BCUT2D eigenvalue weighted by molar-refractivity contribution is 7.47. The predicted molar refractivity (Wildman–Crippen MR) is 432 cm³/mol. The molecule has 0 aromatic carbocycles. The third-order valence-electron chi connectivity index (χ3n) is 20.4. The van der Waals surface area contributed by atoms with Gasteiger partial charge in [-0.25, -0.2) is 9.13 Å². The molecule has 105 heavy (non-hydrogen) atoms. The van der Waals surface area contributed by atoms with Crippen molar-refractivity contribution in [2.75, 3.05) is 39.6 Å². The van der Waals surface area contributed by atoms with E-state index in [1.165, 1.54) is 302 Å². The van der Waals surface area contributed by atoms with E-state index in [0.29, 0.717) is 25.7 Å². The molecule has 0 rings (SSSR count). The van der Waals surface area contributed by atoms with Gasteiger partial charge in [-0.05, 0) is 25.7 Å². The minimum atomic E-state index is -4.96. The van der Waals surface area contributed by atoms with Gasteiger partial charge in [-0.1, -0.05) is 419 Å². The summed E-state index contributed by atoms with van der Waals surface area (Å²) in [6.45, 7) is 5.07. The Kier molecular flexibility index (Phi) is 78.6. The van der Waals surface area contributed by atoms with Crippen molar-refractivity contribution in [3.8, 4) is 0 Å². The smallest absolute Gasteiger partial charge is 0.462 e. The summed E-state index contributed by atoms with van der Waals surface area (Å²) < 4.78 is 68.9. The van der Waals surface area contributed by atoms with E-state index >= 15 is 0 Å². The summed E-state index contributed by atoms with van der Waals surface area (Å²) in [5.41, 5.74) is 0. The highest BCUT2D eigenvalue weighted by Crippen LogP contribution is 2.45. The minimum absolute atomic E-state index is 0.109. The van der Waals surface area contributed by atoms with Crippen LogP contribution in [0.2, 0.25) is 0 Å². The number of aliphatic hydroxyl groups is 1. The van der Waals surface area contributed by atoms with Gasteiger partial charge in [0, 0.05) is 25.7 Å². The van der Waals surface area contributed by atoms with E-state index in [4.69, 9.17) is 37.0 Å². The minimum Gasteiger partial charge on any atom is -0.462 e. The molecule has 19 heteroatoms. The van der Waals surface area contributed by atoms with Gasteiger partial charge >= 0.3 is 39.5 Å². The molecule has 0 aliphatic heterocycles. The Morgan fingerprint density at radius 1 is 0.229 bits per heavy atom. The van der Waals surface area contributed by atoms with Crippen LogP contribution in [0.15, 0.2) is 0 Å². The number of hydrogen-bond acceptors (Lipinski definition) is 15. The molecule has 0 radical (unpaired) electrons. The first-order chi connectivity index (χ1) is 51.2. The Labute approximate surface area is 645 Å². The van der Waals surface area contributed by atoms with Crippen LogP contribution < -0.4 is 0 Å². The van der Waals surface area contributed by atoms with E-state index in [2.05, 4.69) is 27.7 Å². The maximum Gasteiger partial charge on any atom is 0.472 e. The number of esters is 4. The summed E-state index contributed by atoms with van der Waals surface area (Å²) in [6.07, 6.45) is 74.9. The lowest BCUT2D eigenvalue weighted by Gasteiger charge is -2.21. The quantitative estimate of drug-likeness (QED) is 0.0222. The van der Waals surface area contributed by atoms with Gasteiger partial charge in [0.1, 0.15) is 19.3 Å². The van der Waals surface area contributed by atoms with Crippen molar-refractivity contribution in [1.29, 1.82) is 0 Å². The Morgan fingerprint density at radius 2 is 0.381 bits per heavy atom. The molecule has 0 heterocycles. The normalized spacial score (nSPS) is 13.7. The Morgan fingerprint density at radius 3 is 0.562 bits per heavy atom. The number of carbonyl (C=O) groups excluding carboxylic acids is 4. The van der Waals surface area contributed by atoms with Crippen LogP contribution in [-0.4, -0.2) is 96.7 Å². The van der Waals surface area contributed by atoms with E-state index in [9.17, 15) is 43.2 Å². The lowest BCUT2D eigenvalue weighted by atomic mass is 10.0. The SMILES string of the molecule is CCCCCCCCCCCCCCCCCCCCCCC(=O)O[C@H](COC(=O)CCCCCCCCCCCCCCCCCCC)COP(=O)(O)OC[C@@H](O)COP(=O)(O)OC[C@@H](COC(=O)CCCCCCCCCCCCCC)OC(=O)CCCCCCCCCCCCCCCCCC. The maximum atomic E-state index is 13.1. The molecule has 2 unspecified atom stereocenters. The number of aliphatic hydroxyl groups excluding tert-OH is 1. The van der Waals surface area contributed by atoms with Crippen molar-refractivity contribution >= 4 is 39.5 Å². The van der Waals surface area contributed by atoms with E-state index in [1.807, 2.05) is 0 Å². The number of unbranched alkanes of at least 4 members (excludes halogenated alkanes) is 61. The van der Waals surface area contributed by atoms with Crippen molar-refractivity contribution < 1.29 is 80.2 Å². The zero-order valence-electron chi connectivity index (χ0n) is 68.7. The van der Waals surface area contributed by atoms with Gasteiger partial charge in [-0.3, -0.25) is 37.3 Å². The van der Waals surface area contributed by atoms with Crippen molar-refractivity contribution in [3.05, 3.63) is 0 Å². The fourth-order valence-corrected chi connectivity index (χ4v) is 15.1. The van der Waals surface area contributed by atoms with E-state index in [0.717, 1.165) is 89.9 Å². The lowest BCUT2D eigenvalue weighted by Crippen LogP contribution is -2.30. The van der Waals surface area contributed by atoms with Crippen LogP contribution in [0.25, 0.3) is 0 Å². The third kappa shape index (κ3) is 79.9. The molecule has 0 aromatic heterocycles. The summed E-state index contributed by atoms with van der Waals surface area (Å²) in [5, 5.41) is 10.7. The molecule has 0 aliphatic rings. The fourth-order valence-electron chi connectivity index (χ4n) is 13.5. The van der Waals surface area contributed by atoms with Crippen LogP contribution in [0.3, 0.4) is 0 Å². The number of ether oxygens (including phenoxy) is 4. The Balaban J connectivity index is 5.25. The summed E-state index contributed by atoms with van der Waals surface area (Å²) >= 11 is 0. The van der Waals surface area contributed by atoms with Crippen LogP contribution in [0, 0.1) is 0 Å². The second-order valence-electron chi connectivity index (χ2n) is 30.9. The predicted octanol–water partition coefficient (Wildman–Crippen LogP) is 26.5. The van der Waals surface area contributed by atoms with Crippen LogP contribution in [0.4, 0.5) is 0 Å². The monoisotopic (exact) mass is 1540 g/mol. The molecule has 0 bridgehead atoms. The number of phosphoric acid groups is 2. The van der Waals surface area contributed by atoms with Crippen LogP contribution in [0.5, 0.6) is 0 Å². The zero-order chi connectivity index (χ0) is 76.7. The number of rotatable bonds is 87. The van der Waals surface area contributed by atoms with Crippen molar-refractivity contribution in [1.82, 2.24) is 0 Å². The molecular weight excluding hydrogens is 1370 g/mol. The molecule has 0 aromatic rings. The number of carbonyl (C=O) groups is 4. The summed E-state index contributed by atoms with van der Waals surface area (Å²) in [7, 11) is -9.93. The molecule has 5 atom stereocenters. The zero-order valence-corrected chi connectivity index (χ0v) is 70.5. The molecule has 0 aliphatic carbocycles.